The van der Waals surface area contributed by atoms with Gasteiger partial charge in [0.1, 0.15) is 0 Å². The molecule has 2 saturated heterocycles. The van der Waals surface area contributed by atoms with E-state index in [2.05, 4.69) is 10.2 Å². The molecule has 0 bridgehead atoms. The van der Waals surface area contributed by atoms with E-state index < -0.39 is 0 Å². The summed E-state index contributed by atoms with van der Waals surface area (Å²) in [5, 5.41) is 12.9. The van der Waals surface area contributed by atoms with Gasteiger partial charge in [0.15, 0.2) is 0 Å². The minimum absolute atomic E-state index is 0. The molecule has 0 saturated carbocycles. The number of rotatable bonds is 1. The zero-order valence-electron chi connectivity index (χ0n) is 7.91. The third-order valence-corrected chi connectivity index (χ3v) is 3.01. The molecule has 2 N–H and O–H groups in total. The Labute approximate surface area is 85.9 Å². The molecule has 0 amide bonds. The first-order valence-electron chi connectivity index (χ1n) is 5.01. The van der Waals surface area contributed by atoms with Crippen molar-refractivity contribution in [2.45, 2.75) is 31.4 Å². The molecule has 2 heterocycles. The fourth-order valence-corrected chi connectivity index (χ4v) is 2.27. The van der Waals surface area contributed by atoms with Crippen molar-refractivity contribution in [2.24, 2.45) is 0 Å². The number of likely N-dealkylation sites (tertiary alicyclic amines) is 1. The molecule has 2 aliphatic heterocycles. The summed E-state index contributed by atoms with van der Waals surface area (Å²) >= 11 is 0. The standard InChI is InChI=1S/C9H18N2O.ClH/c12-9-7-10-6-8(9)11-4-2-1-3-5-11;/h8-10,12H,1-7H2;1H/t8-,9-;/m1./s1. The highest BCUT2D eigenvalue weighted by atomic mass is 35.5. The van der Waals surface area contributed by atoms with Crippen molar-refractivity contribution < 1.29 is 5.11 Å². The van der Waals surface area contributed by atoms with Gasteiger partial charge in [-0.2, -0.15) is 0 Å². The Hall–Kier alpha value is 0.170. The highest BCUT2D eigenvalue weighted by Gasteiger charge is 2.30. The van der Waals surface area contributed by atoms with Crippen molar-refractivity contribution in [1.29, 1.82) is 0 Å². The molecule has 2 fully saturated rings. The fourth-order valence-electron chi connectivity index (χ4n) is 2.27. The van der Waals surface area contributed by atoms with Crippen LogP contribution in [0, 0.1) is 0 Å². The van der Waals surface area contributed by atoms with Crippen LogP contribution in [0.25, 0.3) is 0 Å². The molecular formula is C9H19ClN2O. The molecule has 3 nitrogen and oxygen atoms in total. The summed E-state index contributed by atoms with van der Waals surface area (Å²) in [4.78, 5) is 2.44. The van der Waals surface area contributed by atoms with Crippen LogP contribution in [-0.2, 0) is 0 Å². The molecule has 0 aromatic rings. The number of piperidine rings is 1. The first kappa shape index (κ1) is 11.2. The van der Waals surface area contributed by atoms with E-state index in [4.69, 9.17) is 0 Å². The van der Waals surface area contributed by atoms with Crippen molar-refractivity contribution in [1.82, 2.24) is 10.2 Å². The van der Waals surface area contributed by atoms with Gasteiger partial charge in [-0.3, -0.25) is 4.90 Å². The molecule has 0 radical (unpaired) electrons. The van der Waals surface area contributed by atoms with Crippen molar-refractivity contribution in [2.75, 3.05) is 26.2 Å². The quantitative estimate of drug-likeness (QED) is 0.645. The monoisotopic (exact) mass is 206 g/mol. The first-order chi connectivity index (χ1) is 5.88. The Balaban J connectivity index is 0.000000845. The average molecular weight is 207 g/mol. The lowest BCUT2D eigenvalue weighted by Crippen LogP contribution is -2.45. The summed E-state index contributed by atoms with van der Waals surface area (Å²) in [7, 11) is 0. The molecule has 0 spiro atoms. The summed E-state index contributed by atoms with van der Waals surface area (Å²) < 4.78 is 0. The number of halogens is 1. The van der Waals surface area contributed by atoms with Crippen molar-refractivity contribution in [3.63, 3.8) is 0 Å². The molecule has 13 heavy (non-hydrogen) atoms. The number of aliphatic hydroxyl groups excluding tert-OH is 1. The maximum absolute atomic E-state index is 9.64. The lowest BCUT2D eigenvalue weighted by molar-refractivity contribution is 0.0706. The second-order valence-electron chi connectivity index (χ2n) is 3.89. The maximum atomic E-state index is 9.64. The third kappa shape index (κ3) is 2.56. The van der Waals surface area contributed by atoms with Crippen LogP contribution < -0.4 is 5.32 Å². The van der Waals surface area contributed by atoms with Gasteiger partial charge >= 0.3 is 0 Å². The third-order valence-electron chi connectivity index (χ3n) is 3.01. The van der Waals surface area contributed by atoms with Gasteiger partial charge in [0.25, 0.3) is 0 Å². The molecule has 0 aromatic heterocycles. The molecule has 4 heteroatoms. The van der Waals surface area contributed by atoms with E-state index in [0.29, 0.717) is 6.04 Å². The molecule has 78 valence electrons. The van der Waals surface area contributed by atoms with E-state index in [0.717, 1.165) is 13.1 Å². The highest BCUT2D eigenvalue weighted by Crippen LogP contribution is 2.16. The van der Waals surface area contributed by atoms with Crippen LogP contribution in [0.3, 0.4) is 0 Å². The fraction of sp³-hybridized carbons (Fsp3) is 1.00. The van der Waals surface area contributed by atoms with Crippen LogP contribution in [0.15, 0.2) is 0 Å². The number of β-amino-alcohol motifs (C(OH)–C–C–N with tert-alkyl or cyclic N) is 1. The smallest absolute Gasteiger partial charge is 0.0831 e. The molecule has 0 unspecified atom stereocenters. The van der Waals surface area contributed by atoms with Gasteiger partial charge in [0.2, 0.25) is 0 Å². The van der Waals surface area contributed by atoms with E-state index in [1.807, 2.05) is 0 Å². The zero-order chi connectivity index (χ0) is 8.39. The van der Waals surface area contributed by atoms with Gasteiger partial charge in [-0.05, 0) is 25.9 Å². The average Bonchev–Trinajstić information content (AvgIpc) is 2.53. The number of hydrogen-bond donors (Lipinski definition) is 2. The van der Waals surface area contributed by atoms with Gasteiger partial charge in [0.05, 0.1) is 6.10 Å². The second kappa shape index (κ2) is 5.15. The highest BCUT2D eigenvalue weighted by molar-refractivity contribution is 5.85. The van der Waals surface area contributed by atoms with Crippen LogP contribution in [0.5, 0.6) is 0 Å². The Morgan fingerprint density at radius 1 is 1.08 bits per heavy atom. The summed E-state index contributed by atoms with van der Waals surface area (Å²) in [5.74, 6) is 0. The minimum Gasteiger partial charge on any atom is -0.390 e. The number of aliphatic hydroxyl groups is 1. The Morgan fingerprint density at radius 3 is 2.31 bits per heavy atom. The summed E-state index contributed by atoms with van der Waals surface area (Å²) in [6, 6.07) is 0.394. The van der Waals surface area contributed by atoms with Crippen LogP contribution in [0.4, 0.5) is 0 Å². The molecule has 2 rings (SSSR count). The van der Waals surface area contributed by atoms with Gasteiger partial charge < -0.3 is 10.4 Å². The number of nitrogens with one attached hydrogen (secondary N) is 1. The molecular weight excluding hydrogens is 188 g/mol. The van der Waals surface area contributed by atoms with Crippen LogP contribution >= 0.6 is 12.4 Å². The lowest BCUT2D eigenvalue weighted by atomic mass is 10.1. The zero-order valence-corrected chi connectivity index (χ0v) is 8.72. The first-order valence-corrected chi connectivity index (χ1v) is 5.01. The lowest BCUT2D eigenvalue weighted by Gasteiger charge is -2.33. The summed E-state index contributed by atoms with van der Waals surface area (Å²) in [5.41, 5.74) is 0. The topological polar surface area (TPSA) is 35.5 Å². The predicted molar refractivity (Wildman–Crippen MR) is 55.3 cm³/mol. The van der Waals surface area contributed by atoms with E-state index in [-0.39, 0.29) is 18.5 Å². The van der Waals surface area contributed by atoms with Crippen LogP contribution in [-0.4, -0.2) is 48.3 Å². The largest absolute Gasteiger partial charge is 0.390 e. The van der Waals surface area contributed by atoms with Crippen molar-refractivity contribution >= 4 is 12.4 Å². The summed E-state index contributed by atoms with van der Waals surface area (Å²) in [6.45, 7) is 4.12. The molecule has 0 aromatic carbocycles. The van der Waals surface area contributed by atoms with Gasteiger partial charge in [-0.15, -0.1) is 12.4 Å². The Morgan fingerprint density at radius 2 is 1.77 bits per heavy atom. The molecule has 2 atom stereocenters. The number of nitrogens with zero attached hydrogens (tertiary/aromatic N) is 1. The van der Waals surface area contributed by atoms with E-state index in [1.165, 1.54) is 32.4 Å². The number of hydrogen-bond acceptors (Lipinski definition) is 3. The van der Waals surface area contributed by atoms with Gasteiger partial charge in [-0.25, -0.2) is 0 Å². The van der Waals surface area contributed by atoms with Crippen molar-refractivity contribution in [3.05, 3.63) is 0 Å². The SMILES string of the molecule is Cl.O[C@@H]1CNC[C@H]1N1CCCCC1. The van der Waals surface area contributed by atoms with E-state index in [1.54, 1.807) is 0 Å². The Kier molecular flexibility index (Phi) is 4.46. The summed E-state index contributed by atoms with van der Waals surface area (Å²) in [6.07, 6.45) is 3.85. The van der Waals surface area contributed by atoms with E-state index in [9.17, 15) is 5.11 Å². The Bertz CT molecular complexity index is 151. The second-order valence-corrected chi connectivity index (χ2v) is 3.89. The predicted octanol–water partition coefficient (Wildman–Crippen LogP) is 0.227. The normalized spacial score (nSPS) is 35.8. The van der Waals surface area contributed by atoms with Gasteiger partial charge in [0, 0.05) is 19.1 Å². The molecule has 2 aliphatic rings. The molecule has 0 aliphatic carbocycles. The van der Waals surface area contributed by atoms with Crippen molar-refractivity contribution in [3.8, 4) is 0 Å². The van der Waals surface area contributed by atoms with Gasteiger partial charge in [-0.1, -0.05) is 6.42 Å². The van der Waals surface area contributed by atoms with Crippen LogP contribution in [0.2, 0.25) is 0 Å². The maximum Gasteiger partial charge on any atom is 0.0831 e. The minimum atomic E-state index is -0.136. The van der Waals surface area contributed by atoms with E-state index >= 15 is 0 Å². The van der Waals surface area contributed by atoms with Crippen LogP contribution in [0.1, 0.15) is 19.3 Å².